The van der Waals surface area contributed by atoms with Crippen LogP contribution in [0.25, 0.3) is 0 Å². The molecule has 8 heteroatoms. The third-order valence-electron chi connectivity index (χ3n) is 3.68. The summed E-state index contributed by atoms with van der Waals surface area (Å²) in [5.41, 5.74) is 6.20. The first-order valence-corrected chi connectivity index (χ1v) is 8.00. The number of rotatable bonds is 9. The first-order valence-electron chi connectivity index (χ1n) is 8.00. The SMILES string of the molecule is CC(C)C(NC(=O)C(N)CO)C(=O)NC(Cc1ccccc1)C(=O)O. The second-order valence-corrected chi connectivity index (χ2v) is 6.11. The van der Waals surface area contributed by atoms with Crippen molar-refractivity contribution in [1.29, 1.82) is 0 Å². The average molecular weight is 351 g/mol. The maximum atomic E-state index is 12.4. The van der Waals surface area contributed by atoms with Crippen molar-refractivity contribution in [2.75, 3.05) is 6.61 Å². The smallest absolute Gasteiger partial charge is 0.326 e. The van der Waals surface area contributed by atoms with E-state index in [1.54, 1.807) is 38.1 Å². The van der Waals surface area contributed by atoms with Crippen molar-refractivity contribution in [3.05, 3.63) is 35.9 Å². The van der Waals surface area contributed by atoms with Gasteiger partial charge in [-0.3, -0.25) is 9.59 Å². The maximum Gasteiger partial charge on any atom is 0.326 e. The fourth-order valence-electron chi connectivity index (χ4n) is 2.19. The van der Waals surface area contributed by atoms with E-state index in [1.165, 1.54) is 0 Å². The molecule has 0 radical (unpaired) electrons. The van der Waals surface area contributed by atoms with E-state index in [1.807, 2.05) is 6.07 Å². The van der Waals surface area contributed by atoms with E-state index in [0.717, 1.165) is 5.56 Å². The molecule has 0 saturated heterocycles. The highest BCUT2D eigenvalue weighted by atomic mass is 16.4. The van der Waals surface area contributed by atoms with Crippen molar-refractivity contribution < 1.29 is 24.6 Å². The van der Waals surface area contributed by atoms with E-state index in [2.05, 4.69) is 10.6 Å². The Morgan fingerprint density at radius 2 is 1.68 bits per heavy atom. The van der Waals surface area contributed by atoms with Crippen LogP contribution >= 0.6 is 0 Å². The van der Waals surface area contributed by atoms with Crippen LogP contribution in [0.3, 0.4) is 0 Å². The lowest BCUT2D eigenvalue weighted by molar-refractivity contribution is -0.142. The van der Waals surface area contributed by atoms with Crippen molar-refractivity contribution in [3.63, 3.8) is 0 Å². The molecule has 1 aromatic carbocycles. The molecule has 0 aromatic heterocycles. The molecule has 0 fully saturated rings. The second-order valence-electron chi connectivity index (χ2n) is 6.11. The lowest BCUT2D eigenvalue weighted by Gasteiger charge is -2.25. The van der Waals surface area contributed by atoms with E-state index < -0.39 is 42.5 Å². The van der Waals surface area contributed by atoms with Crippen LogP contribution in [0, 0.1) is 5.92 Å². The van der Waals surface area contributed by atoms with Crippen LogP contribution < -0.4 is 16.4 Å². The molecule has 6 N–H and O–H groups in total. The number of hydrogen-bond acceptors (Lipinski definition) is 5. The summed E-state index contributed by atoms with van der Waals surface area (Å²) in [7, 11) is 0. The van der Waals surface area contributed by atoms with Crippen molar-refractivity contribution in [1.82, 2.24) is 10.6 Å². The predicted molar refractivity (Wildman–Crippen MR) is 91.5 cm³/mol. The summed E-state index contributed by atoms with van der Waals surface area (Å²) in [5.74, 6) is -2.75. The van der Waals surface area contributed by atoms with Gasteiger partial charge in [-0.05, 0) is 11.5 Å². The minimum Gasteiger partial charge on any atom is -0.480 e. The quantitative estimate of drug-likeness (QED) is 0.397. The number of aliphatic hydroxyl groups is 1. The van der Waals surface area contributed by atoms with Gasteiger partial charge >= 0.3 is 5.97 Å². The molecule has 0 aliphatic heterocycles. The molecular weight excluding hydrogens is 326 g/mol. The van der Waals surface area contributed by atoms with Gasteiger partial charge in [-0.2, -0.15) is 0 Å². The van der Waals surface area contributed by atoms with Gasteiger partial charge in [-0.1, -0.05) is 44.2 Å². The van der Waals surface area contributed by atoms with Gasteiger partial charge in [0, 0.05) is 6.42 Å². The highest BCUT2D eigenvalue weighted by Gasteiger charge is 2.29. The zero-order valence-corrected chi connectivity index (χ0v) is 14.3. The lowest BCUT2D eigenvalue weighted by atomic mass is 10.0. The molecule has 0 spiro atoms. The van der Waals surface area contributed by atoms with Crippen LogP contribution in [-0.4, -0.2) is 52.7 Å². The minimum absolute atomic E-state index is 0.122. The molecule has 1 rings (SSSR count). The van der Waals surface area contributed by atoms with Crippen LogP contribution in [0.4, 0.5) is 0 Å². The molecule has 3 unspecified atom stereocenters. The van der Waals surface area contributed by atoms with Crippen LogP contribution in [0.1, 0.15) is 19.4 Å². The molecule has 0 bridgehead atoms. The molecule has 0 heterocycles. The summed E-state index contributed by atoms with van der Waals surface area (Å²) in [6.07, 6.45) is 0.122. The topological polar surface area (TPSA) is 142 Å². The number of nitrogens with two attached hydrogens (primary N) is 1. The molecule has 2 amide bonds. The van der Waals surface area contributed by atoms with E-state index >= 15 is 0 Å². The van der Waals surface area contributed by atoms with Gasteiger partial charge in [0.05, 0.1) is 6.61 Å². The Morgan fingerprint density at radius 3 is 2.16 bits per heavy atom. The molecule has 138 valence electrons. The second kappa shape index (κ2) is 9.75. The molecule has 0 aliphatic rings. The zero-order chi connectivity index (χ0) is 19.0. The van der Waals surface area contributed by atoms with Crippen LogP contribution in [0.5, 0.6) is 0 Å². The van der Waals surface area contributed by atoms with Crippen molar-refractivity contribution in [2.24, 2.45) is 11.7 Å². The highest BCUT2D eigenvalue weighted by molar-refractivity contribution is 5.92. The van der Waals surface area contributed by atoms with E-state index in [0.29, 0.717) is 0 Å². The van der Waals surface area contributed by atoms with Crippen LogP contribution in [0.2, 0.25) is 0 Å². The number of carbonyl (C=O) groups excluding carboxylic acids is 2. The van der Waals surface area contributed by atoms with Gasteiger partial charge in [0.1, 0.15) is 18.1 Å². The number of hydrogen-bond donors (Lipinski definition) is 5. The van der Waals surface area contributed by atoms with E-state index in [4.69, 9.17) is 10.8 Å². The molecule has 3 atom stereocenters. The van der Waals surface area contributed by atoms with E-state index in [-0.39, 0.29) is 12.3 Å². The number of carboxylic acid groups (broad SMARTS) is 1. The number of aliphatic hydroxyl groups excluding tert-OH is 1. The first kappa shape index (κ1) is 20.6. The maximum absolute atomic E-state index is 12.4. The number of benzene rings is 1. The zero-order valence-electron chi connectivity index (χ0n) is 14.3. The first-order chi connectivity index (χ1) is 11.8. The third-order valence-corrected chi connectivity index (χ3v) is 3.68. The molecule has 0 saturated carbocycles. The number of aliphatic carboxylic acids is 1. The summed E-state index contributed by atoms with van der Waals surface area (Å²) < 4.78 is 0. The normalized spacial score (nSPS) is 14.4. The van der Waals surface area contributed by atoms with Gasteiger partial charge < -0.3 is 26.6 Å². The summed E-state index contributed by atoms with van der Waals surface area (Å²) in [6.45, 7) is 2.87. The summed E-state index contributed by atoms with van der Waals surface area (Å²) >= 11 is 0. The van der Waals surface area contributed by atoms with Crippen molar-refractivity contribution >= 4 is 17.8 Å². The van der Waals surface area contributed by atoms with E-state index in [9.17, 15) is 19.5 Å². The Balaban J connectivity index is 2.81. The number of carboxylic acids is 1. The van der Waals surface area contributed by atoms with Gasteiger partial charge in [-0.25, -0.2) is 4.79 Å². The van der Waals surface area contributed by atoms with Crippen molar-refractivity contribution in [2.45, 2.75) is 38.4 Å². The predicted octanol–water partition coefficient (Wildman–Crippen LogP) is -0.741. The summed E-state index contributed by atoms with van der Waals surface area (Å²) in [4.78, 5) is 35.7. The van der Waals surface area contributed by atoms with Crippen molar-refractivity contribution in [3.8, 4) is 0 Å². The molecule has 0 aliphatic carbocycles. The molecule has 8 nitrogen and oxygen atoms in total. The molecule has 1 aromatic rings. The Kier molecular flexibility index (Phi) is 8.03. The fourth-order valence-corrected chi connectivity index (χ4v) is 2.19. The lowest BCUT2D eigenvalue weighted by Crippen LogP contribution is -2.57. The summed E-state index contributed by atoms with van der Waals surface area (Å²) in [6, 6.07) is 5.68. The molecular formula is C17H25N3O5. The third kappa shape index (κ3) is 6.52. The Bertz CT molecular complexity index is 591. The molecule has 25 heavy (non-hydrogen) atoms. The fraction of sp³-hybridized carbons (Fsp3) is 0.471. The van der Waals surface area contributed by atoms with Gasteiger partial charge in [0.15, 0.2) is 0 Å². The standard InChI is InChI=1S/C17H25N3O5/c1-10(2)14(20-15(22)12(18)9-21)16(23)19-13(17(24)25)8-11-6-4-3-5-7-11/h3-7,10,12-14,21H,8-9,18H2,1-2H3,(H,19,23)(H,20,22)(H,24,25). The monoisotopic (exact) mass is 351 g/mol. The average Bonchev–Trinajstić information content (AvgIpc) is 2.58. The largest absolute Gasteiger partial charge is 0.480 e. The number of amides is 2. The highest BCUT2D eigenvalue weighted by Crippen LogP contribution is 2.07. The Morgan fingerprint density at radius 1 is 1.08 bits per heavy atom. The number of nitrogens with one attached hydrogen (secondary N) is 2. The van der Waals surface area contributed by atoms with Gasteiger partial charge in [0.2, 0.25) is 11.8 Å². The van der Waals surface area contributed by atoms with Gasteiger partial charge in [-0.15, -0.1) is 0 Å². The Hall–Kier alpha value is -2.45. The van der Waals surface area contributed by atoms with Gasteiger partial charge in [0.25, 0.3) is 0 Å². The van der Waals surface area contributed by atoms with Crippen LogP contribution in [0.15, 0.2) is 30.3 Å². The van der Waals surface area contributed by atoms with Crippen LogP contribution in [-0.2, 0) is 20.8 Å². The minimum atomic E-state index is -1.17. The summed E-state index contributed by atoms with van der Waals surface area (Å²) in [5, 5.41) is 23.2. The Labute approximate surface area is 146 Å². The number of carbonyl (C=O) groups is 3.